The van der Waals surface area contributed by atoms with Crippen LogP contribution in [0.15, 0.2) is 53.3 Å². The van der Waals surface area contributed by atoms with Gasteiger partial charge in [0.15, 0.2) is 6.10 Å². The second kappa shape index (κ2) is 12.9. The predicted molar refractivity (Wildman–Crippen MR) is 137 cm³/mol. The summed E-state index contributed by atoms with van der Waals surface area (Å²) in [4.78, 5) is 41.0. The number of anilines is 1. The van der Waals surface area contributed by atoms with Gasteiger partial charge in [-0.1, -0.05) is 24.3 Å². The topological polar surface area (TPSA) is 116 Å². The summed E-state index contributed by atoms with van der Waals surface area (Å²) in [7, 11) is 1.56. The lowest BCUT2D eigenvalue weighted by Gasteiger charge is -2.15. The van der Waals surface area contributed by atoms with E-state index in [9.17, 15) is 27.6 Å². The van der Waals surface area contributed by atoms with E-state index >= 15 is 0 Å². The number of pyridine rings is 1. The molecule has 1 aromatic heterocycles. The van der Waals surface area contributed by atoms with Crippen molar-refractivity contribution in [2.75, 3.05) is 58.2 Å². The van der Waals surface area contributed by atoms with Crippen molar-refractivity contribution >= 4 is 28.5 Å². The van der Waals surface area contributed by atoms with Crippen molar-refractivity contribution in [3.05, 3.63) is 64.4 Å². The van der Waals surface area contributed by atoms with Crippen LogP contribution in [0.5, 0.6) is 0 Å². The highest BCUT2D eigenvalue weighted by molar-refractivity contribution is 5.94. The number of nitrogens with zero attached hydrogens (tertiary/aromatic N) is 1. The molecule has 1 amide bonds. The monoisotopic (exact) mass is 564 g/mol. The number of ether oxygens (including phenoxy) is 5. The third kappa shape index (κ3) is 7.17. The van der Waals surface area contributed by atoms with Crippen molar-refractivity contribution < 1.29 is 46.4 Å². The molecule has 1 atom stereocenters. The molecular weight excluding hydrogens is 537 g/mol. The molecule has 4 rings (SSSR count). The third-order valence-electron chi connectivity index (χ3n) is 5.99. The van der Waals surface area contributed by atoms with Crippen LogP contribution in [-0.4, -0.2) is 76.4 Å². The van der Waals surface area contributed by atoms with Crippen LogP contribution in [0.2, 0.25) is 0 Å². The lowest BCUT2D eigenvalue weighted by Crippen LogP contribution is -2.27. The van der Waals surface area contributed by atoms with E-state index in [1.165, 1.54) is 41.3 Å². The van der Waals surface area contributed by atoms with Gasteiger partial charge >= 0.3 is 18.2 Å². The molecule has 0 spiro atoms. The first kappa shape index (κ1) is 29.1. The van der Waals surface area contributed by atoms with E-state index in [1.807, 2.05) is 0 Å². The molecule has 3 aromatic rings. The van der Waals surface area contributed by atoms with E-state index in [4.69, 9.17) is 23.7 Å². The van der Waals surface area contributed by atoms with E-state index in [0.717, 1.165) is 6.07 Å². The first-order valence-electron chi connectivity index (χ1n) is 12.3. The third-order valence-corrected chi connectivity index (χ3v) is 5.99. The molecule has 0 aliphatic carbocycles. The van der Waals surface area contributed by atoms with Crippen LogP contribution in [0.4, 0.5) is 23.7 Å². The van der Waals surface area contributed by atoms with Gasteiger partial charge in [0.2, 0.25) is 0 Å². The van der Waals surface area contributed by atoms with Gasteiger partial charge < -0.3 is 28.7 Å². The largest absolute Gasteiger partial charge is 0.460 e. The van der Waals surface area contributed by atoms with Gasteiger partial charge in [-0.2, -0.15) is 13.2 Å². The van der Waals surface area contributed by atoms with Crippen molar-refractivity contribution in [2.45, 2.75) is 12.3 Å². The molecule has 1 aliphatic rings. The molecule has 214 valence electrons. The number of aromatic amines is 1. The number of methoxy groups -OCH3 is 1. The van der Waals surface area contributed by atoms with E-state index < -0.39 is 35.5 Å². The van der Waals surface area contributed by atoms with Crippen LogP contribution in [-0.2, 0) is 34.7 Å². The Balaban J connectivity index is 1.37. The number of carbonyl (C=O) groups excluding carboxylic acids is 2. The van der Waals surface area contributed by atoms with Gasteiger partial charge in [0.05, 0.1) is 38.5 Å². The number of esters is 1. The zero-order valence-electron chi connectivity index (χ0n) is 21.5. The standard InChI is InChI=1S/C27H27F3N2O8/c1-36-8-9-37-10-11-38-16-24(33)39-15-19-14-32(26(35)40-19)18-7-6-17-12-23(31-25(34)21(17)13-18)20-4-2-3-5-22(20)27(28,29)30/h2-7,12-13,19H,8-11,14-16H2,1H3,(H,31,34). The van der Waals surface area contributed by atoms with E-state index in [0.29, 0.717) is 30.9 Å². The number of rotatable bonds is 12. The van der Waals surface area contributed by atoms with Crippen LogP contribution >= 0.6 is 0 Å². The molecule has 2 heterocycles. The Morgan fingerprint density at radius 2 is 1.80 bits per heavy atom. The number of H-pyrrole nitrogens is 1. The number of nitrogens with one attached hydrogen (secondary N) is 1. The molecule has 1 aliphatic heterocycles. The van der Waals surface area contributed by atoms with Gasteiger partial charge in [-0.15, -0.1) is 0 Å². The Hall–Kier alpha value is -3.94. The van der Waals surface area contributed by atoms with Gasteiger partial charge in [-0.3, -0.25) is 9.69 Å². The fourth-order valence-electron chi connectivity index (χ4n) is 4.09. The molecule has 2 aromatic carbocycles. The quantitative estimate of drug-likeness (QED) is 0.261. The van der Waals surface area contributed by atoms with Crippen LogP contribution < -0.4 is 10.5 Å². The highest BCUT2D eigenvalue weighted by atomic mass is 19.4. The highest BCUT2D eigenvalue weighted by Crippen LogP contribution is 2.36. The average Bonchev–Trinajstić information content (AvgIpc) is 3.31. The smallest absolute Gasteiger partial charge is 0.417 e. The van der Waals surface area contributed by atoms with E-state index in [-0.39, 0.29) is 43.0 Å². The summed E-state index contributed by atoms with van der Waals surface area (Å²) in [5.74, 6) is -0.633. The molecule has 10 nitrogen and oxygen atoms in total. The number of fused-ring (bicyclic) bond motifs is 1. The Morgan fingerprint density at radius 3 is 2.58 bits per heavy atom. The maximum atomic E-state index is 13.5. The Morgan fingerprint density at radius 1 is 1.05 bits per heavy atom. The van der Waals surface area contributed by atoms with Crippen molar-refractivity contribution in [1.29, 1.82) is 0 Å². The minimum Gasteiger partial charge on any atom is -0.460 e. The molecule has 1 saturated heterocycles. The molecule has 13 heteroatoms. The fraction of sp³-hybridized carbons (Fsp3) is 0.370. The maximum absolute atomic E-state index is 13.5. The second-order valence-corrected chi connectivity index (χ2v) is 8.78. The van der Waals surface area contributed by atoms with E-state index in [2.05, 4.69) is 4.98 Å². The van der Waals surface area contributed by atoms with E-state index in [1.54, 1.807) is 13.2 Å². The van der Waals surface area contributed by atoms with Crippen molar-refractivity contribution in [2.24, 2.45) is 0 Å². The number of benzene rings is 2. The van der Waals surface area contributed by atoms with Gasteiger partial charge in [-0.25, -0.2) is 9.59 Å². The number of hydrogen-bond acceptors (Lipinski definition) is 8. The lowest BCUT2D eigenvalue weighted by molar-refractivity contribution is -0.151. The normalized spacial score (nSPS) is 15.4. The number of amides is 1. The number of hydrogen-bond donors (Lipinski definition) is 1. The zero-order chi connectivity index (χ0) is 28.7. The molecular formula is C27H27F3N2O8. The molecule has 0 bridgehead atoms. The second-order valence-electron chi connectivity index (χ2n) is 8.78. The number of carbonyl (C=O) groups is 2. The highest BCUT2D eigenvalue weighted by Gasteiger charge is 2.35. The summed E-state index contributed by atoms with van der Waals surface area (Å²) in [5, 5.41) is 0.568. The summed E-state index contributed by atoms with van der Waals surface area (Å²) in [6.45, 7) is 0.935. The number of alkyl halides is 3. The van der Waals surface area contributed by atoms with Crippen LogP contribution in [0.25, 0.3) is 22.0 Å². The number of halogens is 3. The maximum Gasteiger partial charge on any atom is 0.417 e. The first-order valence-corrected chi connectivity index (χ1v) is 12.3. The van der Waals surface area contributed by atoms with Crippen molar-refractivity contribution in [1.82, 2.24) is 4.98 Å². The average molecular weight is 565 g/mol. The Kier molecular flexibility index (Phi) is 9.40. The fourth-order valence-corrected chi connectivity index (χ4v) is 4.09. The van der Waals surface area contributed by atoms with Crippen LogP contribution in [0.3, 0.4) is 0 Å². The van der Waals surface area contributed by atoms with Crippen LogP contribution in [0.1, 0.15) is 5.56 Å². The molecule has 1 fully saturated rings. The summed E-state index contributed by atoms with van der Waals surface area (Å²) in [6.07, 6.45) is -6.04. The molecule has 1 N–H and O–H groups in total. The summed E-state index contributed by atoms with van der Waals surface area (Å²) >= 11 is 0. The lowest BCUT2D eigenvalue weighted by atomic mass is 10.0. The SMILES string of the molecule is COCCOCCOCC(=O)OCC1CN(c2ccc3cc(-c4ccccc4C(F)(F)F)[nH]c(=O)c3c2)C(=O)O1. The first-order chi connectivity index (χ1) is 19.2. The van der Waals surface area contributed by atoms with Crippen LogP contribution in [0, 0.1) is 0 Å². The summed E-state index contributed by atoms with van der Waals surface area (Å²) in [6, 6.07) is 11.0. The Labute approximate surface area is 226 Å². The molecule has 40 heavy (non-hydrogen) atoms. The van der Waals surface area contributed by atoms with Gasteiger partial charge in [0, 0.05) is 29.4 Å². The van der Waals surface area contributed by atoms with Crippen molar-refractivity contribution in [3.8, 4) is 11.3 Å². The minimum absolute atomic E-state index is 0.0169. The molecule has 1 unspecified atom stereocenters. The number of cyclic esters (lactones) is 1. The Bertz CT molecular complexity index is 1410. The summed E-state index contributed by atoms with van der Waals surface area (Å²) in [5.41, 5.74) is -1.28. The summed E-state index contributed by atoms with van der Waals surface area (Å²) < 4.78 is 66.0. The molecule has 0 radical (unpaired) electrons. The zero-order valence-corrected chi connectivity index (χ0v) is 21.5. The number of aromatic nitrogens is 1. The minimum atomic E-state index is -4.60. The van der Waals surface area contributed by atoms with Gasteiger partial charge in [0.1, 0.15) is 13.2 Å². The predicted octanol–water partition coefficient (Wildman–Crippen LogP) is 3.76. The van der Waals surface area contributed by atoms with Gasteiger partial charge in [-0.05, 0) is 29.7 Å². The van der Waals surface area contributed by atoms with Crippen molar-refractivity contribution in [3.63, 3.8) is 0 Å². The van der Waals surface area contributed by atoms with Gasteiger partial charge in [0.25, 0.3) is 5.56 Å². The molecule has 0 saturated carbocycles.